The molecule has 0 aliphatic heterocycles. The Morgan fingerprint density at radius 2 is 1.92 bits per heavy atom. The predicted molar refractivity (Wildman–Crippen MR) is 140 cm³/mol. The van der Waals surface area contributed by atoms with E-state index < -0.39 is 0 Å². The molecule has 6 heterocycles. The molecule has 1 aliphatic carbocycles. The van der Waals surface area contributed by atoms with E-state index in [4.69, 9.17) is 21.6 Å². The summed E-state index contributed by atoms with van der Waals surface area (Å²) in [5.41, 5.74) is 6.56. The minimum Gasteiger partial charge on any atom is -0.336 e. The molecule has 11 heteroatoms. The average Bonchev–Trinajstić information content (AvgIpc) is 3.30. The van der Waals surface area contributed by atoms with Crippen LogP contribution in [0.1, 0.15) is 12.8 Å². The molecule has 1 saturated carbocycles. The topological polar surface area (TPSA) is 125 Å². The molecule has 0 aromatic carbocycles. The lowest BCUT2D eigenvalue weighted by Crippen LogP contribution is -2.13. The molecule has 0 bridgehead atoms. The van der Waals surface area contributed by atoms with E-state index in [0.717, 1.165) is 45.5 Å². The number of halogens is 1. The van der Waals surface area contributed by atoms with E-state index in [1.807, 2.05) is 36.4 Å². The molecule has 1 aliphatic rings. The van der Waals surface area contributed by atoms with Gasteiger partial charge < -0.3 is 10.3 Å². The lowest BCUT2D eigenvalue weighted by Gasteiger charge is -2.06. The zero-order valence-electron chi connectivity index (χ0n) is 18.6. The summed E-state index contributed by atoms with van der Waals surface area (Å²) in [6, 6.07) is 11.4. The minimum atomic E-state index is 0.0399. The van der Waals surface area contributed by atoms with Gasteiger partial charge in [0.2, 0.25) is 5.91 Å². The third kappa shape index (κ3) is 3.71. The number of anilines is 1. The molecule has 6 aromatic heterocycles. The number of hydrogen-bond donors (Lipinski definition) is 3. The number of hydrogen-bond acceptors (Lipinski definition) is 7. The summed E-state index contributed by atoms with van der Waals surface area (Å²) in [6.45, 7) is 0. The van der Waals surface area contributed by atoms with Gasteiger partial charge >= 0.3 is 0 Å². The van der Waals surface area contributed by atoms with Gasteiger partial charge in [0.05, 0.1) is 37.8 Å². The van der Waals surface area contributed by atoms with Crippen molar-refractivity contribution < 1.29 is 4.79 Å². The van der Waals surface area contributed by atoms with E-state index in [1.165, 1.54) is 11.3 Å². The molecule has 7 rings (SSSR count). The molecule has 9 nitrogen and oxygen atoms in total. The van der Waals surface area contributed by atoms with E-state index in [2.05, 4.69) is 30.5 Å². The number of nitrogens with one attached hydrogen (secondary N) is 3. The van der Waals surface area contributed by atoms with Gasteiger partial charge in [0.25, 0.3) is 0 Å². The van der Waals surface area contributed by atoms with Crippen LogP contribution in [0.25, 0.3) is 55.4 Å². The van der Waals surface area contributed by atoms with Crippen LogP contribution in [0.15, 0.2) is 55.0 Å². The predicted octanol–water partition coefficient (Wildman–Crippen LogP) is 5.69. The first-order valence-corrected chi connectivity index (χ1v) is 12.5. The Hall–Kier alpha value is -4.15. The Morgan fingerprint density at radius 3 is 2.75 bits per heavy atom. The Labute approximate surface area is 213 Å². The third-order valence-electron chi connectivity index (χ3n) is 6.09. The monoisotopic (exact) mass is 512 g/mol. The molecule has 176 valence electrons. The summed E-state index contributed by atoms with van der Waals surface area (Å²) >= 11 is 7.60. The fourth-order valence-corrected chi connectivity index (χ4v) is 5.17. The van der Waals surface area contributed by atoms with Crippen LogP contribution >= 0.6 is 22.9 Å². The smallest absolute Gasteiger partial charge is 0.227 e. The molecule has 1 amide bonds. The lowest BCUT2D eigenvalue weighted by molar-refractivity contribution is -0.117. The second-order valence-electron chi connectivity index (χ2n) is 8.64. The SMILES string of the molecule is O=C(Nc1cncc(-c2ccc3[nH]nc(-c4nc5c(-c6ccc(Cl)s6)nccc5[nH]4)c3n2)c1)C1CC1. The van der Waals surface area contributed by atoms with Crippen molar-refractivity contribution in [2.75, 3.05) is 5.32 Å². The van der Waals surface area contributed by atoms with E-state index in [-0.39, 0.29) is 11.8 Å². The highest BCUT2D eigenvalue weighted by Crippen LogP contribution is 2.35. The maximum atomic E-state index is 12.2. The van der Waals surface area contributed by atoms with Crippen LogP contribution in [0.2, 0.25) is 4.34 Å². The highest BCUT2D eigenvalue weighted by atomic mass is 35.5. The number of thiophene rings is 1. The molecule has 0 spiro atoms. The van der Waals surface area contributed by atoms with Crippen molar-refractivity contribution in [3.63, 3.8) is 0 Å². The number of aromatic nitrogens is 7. The molecule has 0 atom stereocenters. The van der Waals surface area contributed by atoms with Crippen molar-refractivity contribution in [2.24, 2.45) is 5.92 Å². The van der Waals surface area contributed by atoms with E-state index in [0.29, 0.717) is 32.8 Å². The van der Waals surface area contributed by atoms with Gasteiger partial charge in [-0.05, 0) is 49.2 Å². The summed E-state index contributed by atoms with van der Waals surface area (Å²) in [5, 5.41) is 10.5. The van der Waals surface area contributed by atoms with Crippen molar-refractivity contribution in [2.45, 2.75) is 12.8 Å². The molecular weight excluding hydrogens is 496 g/mol. The van der Waals surface area contributed by atoms with Crippen LogP contribution in [0.4, 0.5) is 5.69 Å². The molecular formula is C25H17ClN8OS. The summed E-state index contributed by atoms with van der Waals surface area (Å²) in [4.78, 5) is 35.0. The number of H-pyrrole nitrogens is 2. The molecule has 6 aromatic rings. The number of carbonyl (C=O) groups excluding carboxylic acids is 1. The number of carbonyl (C=O) groups is 1. The van der Waals surface area contributed by atoms with Gasteiger partial charge in [0, 0.05) is 23.9 Å². The second kappa shape index (κ2) is 8.21. The number of nitrogens with zero attached hydrogens (tertiary/aromatic N) is 5. The van der Waals surface area contributed by atoms with E-state index in [1.54, 1.807) is 18.6 Å². The Kier molecular flexibility index (Phi) is 4.83. The van der Waals surface area contributed by atoms with Crippen molar-refractivity contribution in [1.82, 2.24) is 35.1 Å². The highest BCUT2D eigenvalue weighted by Gasteiger charge is 2.29. The second-order valence-corrected chi connectivity index (χ2v) is 10.4. The van der Waals surface area contributed by atoms with Crippen molar-refractivity contribution in [3.8, 4) is 33.3 Å². The van der Waals surface area contributed by atoms with Crippen LogP contribution in [0, 0.1) is 5.92 Å². The number of amides is 1. The standard InChI is InChI=1S/C25H17ClN8OS/c26-19-6-5-18(36-19)22-20-16(7-8-28-22)31-24(32-20)23-21-17(33-34-23)4-3-15(30-21)13-9-14(11-27-10-13)29-25(35)12-1-2-12/h3-12H,1-2H2,(H,29,35)(H,31,32)(H,33,34). The molecule has 0 saturated heterocycles. The molecule has 0 radical (unpaired) electrons. The van der Waals surface area contributed by atoms with Gasteiger partial charge in [-0.15, -0.1) is 11.3 Å². The maximum absolute atomic E-state index is 12.2. The quantitative estimate of drug-likeness (QED) is 0.272. The first-order chi connectivity index (χ1) is 17.6. The van der Waals surface area contributed by atoms with Crippen LogP contribution in [0.5, 0.6) is 0 Å². The third-order valence-corrected chi connectivity index (χ3v) is 7.33. The van der Waals surface area contributed by atoms with Gasteiger partial charge in [-0.25, -0.2) is 9.97 Å². The van der Waals surface area contributed by atoms with Gasteiger partial charge in [-0.1, -0.05) is 11.6 Å². The lowest BCUT2D eigenvalue weighted by atomic mass is 10.1. The summed E-state index contributed by atoms with van der Waals surface area (Å²) in [7, 11) is 0. The van der Waals surface area contributed by atoms with E-state index in [9.17, 15) is 4.79 Å². The normalized spacial score (nSPS) is 13.5. The Morgan fingerprint density at radius 1 is 1.03 bits per heavy atom. The zero-order chi connectivity index (χ0) is 24.2. The maximum Gasteiger partial charge on any atom is 0.227 e. The highest BCUT2D eigenvalue weighted by molar-refractivity contribution is 7.19. The molecule has 3 N–H and O–H groups in total. The first-order valence-electron chi connectivity index (χ1n) is 11.3. The fraction of sp³-hybridized carbons (Fsp3) is 0.120. The summed E-state index contributed by atoms with van der Waals surface area (Å²) < 4.78 is 0.695. The van der Waals surface area contributed by atoms with Gasteiger partial charge in [-0.3, -0.25) is 19.9 Å². The van der Waals surface area contributed by atoms with Crippen LogP contribution < -0.4 is 5.32 Å². The van der Waals surface area contributed by atoms with Gasteiger partial charge in [0.15, 0.2) is 11.5 Å². The van der Waals surface area contributed by atoms with Crippen molar-refractivity contribution >= 4 is 56.6 Å². The van der Waals surface area contributed by atoms with Crippen molar-refractivity contribution in [3.05, 3.63) is 59.3 Å². The molecule has 1 fully saturated rings. The Bertz CT molecular complexity index is 1780. The van der Waals surface area contributed by atoms with E-state index >= 15 is 0 Å². The average molecular weight is 513 g/mol. The summed E-state index contributed by atoms with van der Waals surface area (Å²) in [5.74, 6) is 0.743. The largest absolute Gasteiger partial charge is 0.336 e. The number of rotatable bonds is 5. The molecule has 0 unspecified atom stereocenters. The Balaban J connectivity index is 1.28. The fourth-order valence-electron chi connectivity index (χ4n) is 4.13. The van der Waals surface area contributed by atoms with Gasteiger partial charge in [-0.2, -0.15) is 5.10 Å². The minimum absolute atomic E-state index is 0.0399. The number of imidazole rings is 1. The zero-order valence-corrected chi connectivity index (χ0v) is 20.2. The first kappa shape index (κ1) is 21.2. The number of pyridine rings is 3. The van der Waals surface area contributed by atoms with Crippen LogP contribution in [-0.4, -0.2) is 41.0 Å². The molecule has 36 heavy (non-hydrogen) atoms. The van der Waals surface area contributed by atoms with Crippen molar-refractivity contribution in [1.29, 1.82) is 0 Å². The van der Waals surface area contributed by atoms with Gasteiger partial charge in [0.1, 0.15) is 16.7 Å². The number of fused-ring (bicyclic) bond motifs is 2. The summed E-state index contributed by atoms with van der Waals surface area (Å²) in [6.07, 6.45) is 7.01. The van der Waals surface area contributed by atoms with Crippen LogP contribution in [-0.2, 0) is 4.79 Å². The van der Waals surface area contributed by atoms with Crippen LogP contribution in [0.3, 0.4) is 0 Å². The number of aromatic amines is 2.